The summed E-state index contributed by atoms with van der Waals surface area (Å²) in [4.78, 5) is 0. The van der Waals surface area contributed by atoms with Crippen LogP contribution < -0.4 is 5.32 Å². The van der Waals surface area contributed by atoms with Gasteiger partial charge in [-0.1, -0.05) is 13.0 Å². The summed E-state index contributed by atoms with van der Waals surface area (Å²) >= 11 is 3.23. The monoisotopic (exact) mass is 329 g/mol. The zero-order valence-electron chi connectivity index (χ0n) is 12.4. The third-order valence-corrected chi connectivity index (χ3v) is 3.81. The van der Waals surface area contributed by atoms with Gasteiger partial charge < -0.3 is 5.32 Å². The van der Waals surface area contributed by atoms with Gasteiger partial charge in [0.15, 0.2) is 0 Å². The fraction of sp³-hybridized carbons (Fsp3) is 0.625. The first-order chi connectivity index (χ1) is 8.78. The number of aryl methyl sites for hydroxylation is 1. The van der Waals surface area contributed by atoms with Crippen molar-refractivity contribution in [1.29, 1.82) is 0 Å². The average molecular weight is 330 g/mol. The van der Waals surface area contributed by atoms with Crippen molar-refractivity contribution >= 4 is 15.9 Å². The zero-order chi connectivity index (χ0) is 14.5. The maximum Gasteiger partial charge on any atom is 0.137 e. The topological polar surface area (TPSA) is 12.0 Å². The first kappa shape index (κ1) is 16.6. The second-order valence-corrected chi connectivity index (χ2v) is 7.21. The van der Waals surface area contributed by atoms with Crippen LogP contribution in [0.1, 0.15) is 46.1 Å². The van der Waals surface area contributed by atoms with Crippen LogP contribution in [0.5, 0.6) is 0 Å². The predicted octanol–water partition coefficient (Wildman–Crippen LogP) is 4.94. The average Bonchev–Trinajstić information content (AvgIpc) is 2.29. The van der Waals surface area contributed by atoms with E-state index in [1.54, 1.807) is 0 Å². The minimum Gasteiger partial charge on any atom is -0.312 e. The molecule has 0 aromatic heterocycles. The van der Waals surface area contributed by atoms with Gasteiger partial charge >= 0.3 is 0 Å². The first-order valence-electron chi connectivity index (χ1n) is 6.97. The molecular formula is C16H25BrFN. The lowest BCUT2D eigenvalue weighted by Crippen LogP contribution is -2.36. The van der Waals surface area contributed by atoms with E-state index < -0.39 is 0 Å². The molecule has 1 N–H and O–H groups in total. The van der Waals surface area contributed by atoms with Crippen LogP contribution in [0.2, 0.25) is 0 Å². The smallest absolute Gasteiger partial charge is 0.137 e. The molecule has 1 nitrogen and oxygen atoms in total. The van der Waals surface area contributed by atoms with E-state index in [4.69, 9.17) is 0 Å². The molecule has 108 valence electrons. The molecule has 1 atom stereocenters. The summed E-state index contributed by atoms with van der Waals surface area (Å²) in [6.45, 7) is 9.90. The first-order valence-corrected chi connectivity index (χ1v) is 7.76. The van der Waals surface area contributed by atoms with Crippen molar-refractivity contribution in [2.45, 2.75) is 52.5 Å². The van der Waals surface area contributed by atoms with Crippen LogP contribution in [-0.4, -0.2) is 12.1 Å². The Kier molecular flexibility index (Phi) is 6.48. The van der Waals surface area contributed by atoms with Gasteiger partial charge in [-0.05, 0) is 86.1 Å². The Morgan fingerprint density at radius 2 is 1.95 bits per heavy atom. The van der Waals surface area contributed by atoms with E-state index in [2.05, 4.69) is 48.9 Å². The van der Waals surface area contributed by atoms with Gasteiger partial charge in [0.05, 0.1) is 4.47 Å². The lowest BCUT2D eigenvalue weighted by Gasteiger charge is -2.22. The summed E-state index contributed by atoms with van der Waals surface area (Å²) in [6.07, 6.45) is 3.33. The molecule has 0 saturated heterocycles. The Morgan fingerprint density at radius 1 is 1.26 bits per heavy atom. The van der Waals surface area contributed by atoms with Crippen LogP contribution in [0.4, 0.5) is 4.39 Å². The Labute approximate surface area is 125 Å². The Morgan fingerprint density at radius 3 is 2.53 bits per heavy atom. The van der Waals surface area contributed by atoms with Crippen LogP contribution >= 0.6 is 15.9 Å². The molecule has 0 aliphatic heterocycles. The summed E-state index contributed by atoms with van der Waals surface area (Å²) in [6, 6.07) is 5.29. The molecule has 0 heterocycles. The van der Waals surface area contributed by atoms with Crippen molar-refractivity contribution in [3.05, 3.63) is 34.1 Å². The van der Waals surface area contributed by atoms with Crippen molar-refractivity contribution < 1.29 is 4.39 Å². The van der Waals surface area contributed by atoms with E-state index >= 15 is 0 Å². The summed E-state index contributed by atoms with van der Waals surface area (Å²) < 4.78 is 13.7. The minimum absolute atomic E-state index is 0.189. The summed E-state index contributed by atoms with van der Waals surface area (Å²) in [5.74, 6) is 0.491. The fourth-order valence-corrected chi connectivity index (χ4v) is 2.37. The van der Waals surface area contributed by atoms with E-state index in [9.17, 15) is 4.39 Å². The number of nitrogens with one attached hydrogen (secondary N) is 1. The Hall–Kier alpha value is -0.410. The van der Waals surface area contributed by atoms with Gasteiger partial charge in [0.1, 0.15) is 5.82 Å². The van der Waals surface area contributed by atoms with E-state index in [0.717, 1.165) is 19.4 Å². The summed E-state index contributed by atoms with van der Waals surface area (Å²) in [7, 11) is 0. The van der Waals surface area contributed by atoms with E-state index in [1.165, 1.54) is 18.1 Å². The molecule has 19 heavy (non-hydrogen) atoms. The molecule has 0 amide bonds. The van der Waals surface area contributed by atoms with Gasteiger partial charge in [0.25, 0.3) is 0 Å². The van der Waals surface area contributed by atoms with Crippen molar-refractivity contribution in [2.75, 3.05) is 6.54 Å². The number of hydrogen-bond donors (Lipinski definition) is 1. The van der Waals surface area contributed by atoms with Crippen LogP contribution in [0.3, 0.4) is 0 Å². The predicted molar refractivity (Wildman–Crippen MR) is 84.0 cm³/mol. The minimum atomic E-state index is -0.189. The molecule has 0 radical (unpaired) electrons. The molecule has 0 aliphatic rings. The highest BCUT2D eigenvalue weighted by atomic mass is 79.9. The number of hydrogen-bond acceptors (Lipinski definition) is 1. The number of benzene rings is 1. The molecule has 0 saturated carbocycles. The van der Waals surface area contributed by atoms with Gasteiger partial charge in [-0.2, -0.15) is 0 Å². The van der Waals surface area contributed by atoms with Crippen LogP contribution in [0.25, 0.3) is 0 Å². The van der Waals surface area contributed by atoms with Crippen molar-refractivity contribution in [1.82, 2.24) is 5.32 Å². The van der Waals surface area contributed by atoms with Crippen molar-refractivity contribution in [3.63, 3.8) is 0 Å². The highest BCUT2D eigenvalue weighted by molar-refractivity contribution is 9.10. The summed E-state index contributed by atoms with van der Waals surface area (Å²) in [5.41, 5.74) is 1.39. The second-order valence-electron chi connectivity index (χ2n) is 6.36. The van der Waals surface area contributed by atoms with Crippen LogP contribution in [0.15, 0.2) is 22.7 Å². The lowest BCUT2D eigenvalue weighted by atomic mass is 9.97. The maximum atomic E-state index is 13.1. The zero-order valence-corrected chi connectivity index (χ0v) is 14.0. The van der Waals surface area contributed by atoms with E-state index in [-0.39, 0.29) is 11.4 Å². The number of halogens is 2. The van der Waals surface area contributed by atoms with Gasteiger partial charge in [-0.15, -0.1) is 0 Å². The summed E-state index contributed by atoms with van der Waals surface area (Å²) in [5, 5.41) is 3.51. The Bertz CT molecular complexity index is 398. The van der Waals surface area contributed by atoms with E-state index in [0.29, 0.717) is 10.4 Å². The van der Waals surface area contributed by atoms with Crippen molar-refractivity contribution in [3.8, 4) is 0 Å². The van der Waals surface area contributed by atoms with Gasteiger partial charge in [0.2, 0.25) is 0 Å². The quantitative estimate of drug-likeness (QED) is 0.779. The molecule has 3 heteroatoms. The third kappa shape index (κ3) is 7.07. The Balaban J connectivity index is 2.29. The highest BCUT2D eigenvalue weighted by Crippen LogP contribution is 2.19. The number of rotatable bonds is 6. The van der Waals surface area contributed by atoms with Crippen LogP contribution in [0, 0.1) is 11.7 Å². The molecular weight excluding hydrogens is 305 g/mol. The fourth-order valence-electron chi connectivity index (χ4n) is 1.95. The SMILES string of the molecule is CC(CCNC(C)(C)C)CCc1ccc(F)c(Br)c1. The molecule has 0 bridgehead atoms. The largest absolute Gasteiger partial charge is 0.312 e. The molecule has 0 fully saturated rings. The van der Waals surface area contributed by atoms with Gasteiger partial charge in [-0.3, -0.25) is 0 Å². The standard InChI is InChI=1S/C16H25BrFN/c1-12(9-10-19-16(2,3)4)5-6-13-7-8-15(18)14(17)11-13/h7-8,11-12,19H,5-6,9-10H2,1-4H3. The third-order valence-electron chi connectivity index (χ3n) is 3.20. The lowest BCUT2D eigenvalue weighted by molar-refractivity contribution is 0.386. The molecule has 0 aliphatic carbocycles. The maximum absolute atomic E-state index is 13.1. The normalized spacial score (nSPS) is 13.6. The van der Waals surface area contributed by atoms with Gasteiger partial charge in [0, 0.05) is 5.54 Å². The highest BCUT2D eigenvalue weighted by Gasteiger charge is 2.10. The van der Waals surface area contributed by atoms with Crippen LogP contribution in [-0.2, 0) is 6.42 Å². The van der Waals surface area contributed by atoms with Gasteiger partial charge in [-0.25, -0.2) is 4.39 Å². The molecule has 0 spiro atoms. The molecule has 1 aromatic carbocycles. The van der Waals surface area contributed by atoms with E-state index in [1.807, 2.05) is 12.1 Å². The second kappa shape index (κ2) is 7.39. The molecule has 1 rings (SSSR count). The molecule has 1 unspecified atom stereocenters. The van der Waals surface area contributed by atoms with Crippen molar-refractivity contribution in [2.24, 2.45) is 5.92 Å². The molecule has 1 aromatic rings.